The molecule has 0 fully saturated rings. The van der Waals surface area contributed by atoms with Gasteiger partial charge >= 0.3 is 0 Å². The minimum absolute atomic E-state index is 1.31. The van der Waals surface area contributed by atoms with Gasteiger partial charge < -0.3 is 0 Å². The third kappa shape index (κ3) is 1.81. The number of aryl methyl sites for hydroxylation is 1. The molecule has 0 bridgehead atoms. The molecule has 1 aromatic heterocycles. The van der Waals surface area contributed by atoms with Crippen LogP contribution in [0.5, 0.6) is 0 Å². The summed E-state index contributed by atoms with van der Waals surface area (Å²) in [5, 5.41) is 2.64. The molecule has 0 aliphatic heterocycles. The average molecular weight is 230 g/mol. The molecule has 0 saturated carbocycles. The summed E-state index contributed by atoms with van der Waals surface area (Å²) in [7, 11) is 2.09. The molecule has 0 radical (unpaired) electrons. The van der Waals surface area contributed by atoms with Crippen LogP contribution in [0.3, 0.4) is 0 Å². The van der Waals surface area contributed by atoms with Crippen LogP contribution in [0.1, 0.15) is 13.8 Å². The largest absolute Gasteiger partial charge is 0.225 e. The van der Waals surface area contributed by atoms with Gasteiger partial charge in [-0.3, -0.25) is 0 Å². The predicted octanol–water partition coefficient (Wildman–Crippen LogP) is 3.91. The summed E-state index contributed by atoms with van der Waals surface area (Å²) < 4.78 is 3.53. The van der Waals surface area contributed by atoms with Crippen LogP contribution in [-0.4, -0.2) is 0 Å². The summed E-state index contributed by atoms with van der Waals surface area (Å²) in [6.07, 6.45) is 0. The molecular weight excluding hydrogens is 214 g/mol. The van der Waals surface area contributed by atoms with Gasteiger partial charge in [0.1, 0.15) is 11.7 Å². The minimum atomic E-state index is 1.31. The van der Waals surface area contributed by atoms with E-state index in [1.807, 2.05) is 13.8 Å². The molecule has 82 valence electrons. The van der Waals surface area contributed by atoms with Gasteiger partial charge in [0.15, 0.2) is 0 Å². The van der Waals surface area contributed by atoms with Gasteiger partial charge in [-0.1, -0.05) is 49.4 Å². The highest BCUT2D eigenvalue weighted by Gasteiger charge is 2.07. The second-order valence-electron chi connectivity index (χ2n) is 3.50. The fraction of sp³-hybridized carbons (Fsp3) is 0.214. The predicted molar refractivity (Wildman–Crippen MR) is 71.9 cm³/mol. The van der Waals surface area contributed by atoms with E-state index in [-0.39, 0.29) is 0 Å². The number of aromatic nitrogens is 1. The van der Waals surface area contributed by atoms with Gasteiger partial charge in [-0.2, -0.15) is 4.57 Å². The van der Waals surface area contributed by atoms with Crippen LogP contribution in [0, 0.1) is 0 Å². The molecule has 1 heterocycles. The summed E-state index contributed by atoms with van der Waals surface area (Å²) in [6.45, 7) is 4.00. The number of fused-ring (bicyclic) bond motifs is 2. The van der Waals surface area contributed by atoms with Crippen molar-refractivity contribution in [3.05, 3.63) is 41.9 Å². The Bertz CT molecular complexity index is 610. The van der Waals surface area contributed by atoms with Crippen molar-refractivity contribution in [3.8, 4) is 0 Å². The van der Waals surface area contributed by atoms with Crippen LogP contribution in [0.4, 0.5) is 0 Å². The Kier molecular flexibility index (Phi) is 3.20. The van der Waals surface area contributed by atoms with Crippen LogP contribution in [0.2, 0.25) is 0 Å². The van der Waals surface area contributed by atoms with Gasteiger partial charge in [-0.15, -0.1) is 0 Å². The number of benzene rings is 2. The van der Waals surface area contributed by atoms with E-state index in [4.69, 9.17) is 0 Å². The average Bonchev–Trinajstić information content (AvgIpc) is 2.71. The maximum atomic E-state index is 2.26. The van der Waals surface area contributed by atoms with E-state index in [0.717, 1.165) is 0 Å². The first kappa shape index (κ1) is 11.1. The topological polar surface area (TPSA) is 3.88 Å². The molecule has 0 unspecified atom stereocenters. The lowest BCUT2D eigenvalue weighted by atomic mass is 10.1. The van der Waals surface area contributed by atoms with E-state index in [9.17, 15) is 0 Å². The van der Waals surface area contributed by atoms with E-state index in [1.165, 1.54) is 21.0 Å². The van der Waals surface area contributed by atoms with Crippen LogP contribution < -0.4 is 4.57 Å². The first-order valence-electron chi connectivity index (χ1n) is 5.60. The second-order valence-corrected chi connectivity index (χ2v) is 4.39. The zero-order valence-electron chi connectivity index (χ0n) is 9.90. The Hall–Kier alpha value is -1.41. The number of thiazole rings is 1. The molecule has 16 heavy (non-hydrogen) atoms. The van der Waals surface area contributed by atoms with E-state index in [2.05, 4.69) is 53.5 Å². The fourth-order valence-corrected chi connectivity index (χ4v) is 2.67. The molecule has 2 aromatic carbocycles. The van der Waals surface area contributed by atoms with Crippen molar-refractivity contribution in [1.29, 1.82) is 0 Å². The number of hydrogen-bond acceptors (Lipinski definition) is 1. The molecule has 3 rings (SSSR count). The molecule has 0 saturated heterocycles. The monoisotopic (exact) mass is 230 g/mol. The molecular formula is C14H16NS+. The Morgan fingerprint density at radius 2 is 1.62 bits per heavy atom. The molecule has 0 spiro atoms. The maximum Gasteiger partial charge on any atom is 0.225 e. The number of nitrogens with zero attached hydrogens (tertiary/aromatic N) is 1. The third-order valence-electron chi connectivity index (χ3n) is 2.55. The highest BCUT2D eigenvalue weighted by Crippen LogP contribution is 2.23. The smallest absolute Gasteiger partial charge is 0.191 e. The van der Waals surface area contributed by atoms with Gasteiger partial charge in [-0.05, 0) is 16.8 Å². The van der Waals surface area contributed by atoms with E-state index in [0.29, 0.717) is 0 Å². The number of hydrogen-bond donors (Lipinski definition) is 0. The molecule has 0 atom stereocenters. The van der Waals surface area contributed by atoms with Crippen LogP contribution in [-0.2, 0) is 7.05 Å². The molecule has 3 aromatic rings. The molecule has 0 amide bonds. The normalized spacial score (nSPS) is 10.2. The molecule has 1 nitrogen and oxygen atoms in total. The lowest BCUT2D eigenvalue weighted by Gasteiger charge is -1.94. The highest BCUT2D eigenvalue weighted by atomic mass is 32.1. The van der Waals surface area contributed by atoms with Gasteiger partial charge in [0.2, 0.25) is 11.0 Å². The van der Waals surface area contributed by atoms with Gasteiger partial charge in [0.25, 0.3) is 0 Å². The third-order valence-corrected chi connectivity index (χ3v) is 3.55. The van der Waals surface area contributed by atoms with E-state index in [1.54, 1.807) is 11.3 Å². The summed E-state index contributed by atoms with van der Waals surface area (Å²) in [4.78, 5) is 0. The van der Waals surface area contributed by atoms with Crippen LogP contribution >= 0.6 is 11.3 Å². The quantitative estimate of drug-likeness (QED) is 0.516. The Balaban J connectivity index is 0.000000457. The van der Waals surface area contributed by atoms with Crippen molar-refractivity contribution >= 4 is 32.3 Å². The molecule has 0 N–H and O–H groups in total. The zero-order chi connectivity index (χ0) is 11.5. The summed E-state index contributed by atoms with van der Waals surface area (Å²) in [5.74, 6) is 0. The Morgan fingerprint density at radius 3 is 2.31 bits per heavy atom. The van der Waals surface area contributed by atoms with Crippen molar-refractivity contribution in [2.45, 2.75) is 13.8 Å². The van der Waals surface area contributed by atoms with Crippen molar-refractivity contribution < 1.29 is 4.57 Å². The lowest BCUT2D eigenvalue weighted by molar-refractivity contribution is -0.640. The summed E-state index contributed by atoms with van der Waals surface area (Å²) in [6, 6.07) is 13.0. The SMILES string of the molecule is CC.C[n+]1csc2cc3ccccc3cc21. The van der Waals surface area contributed by atoms with Gasteiger partial charge in [0.05, 0.1) is 0 Å². The maximum absolute atomic E-state index is 2.26. The lowest BCUT2D eigenvalue weighted by Crippen LogP contribution is -2.24. The van der Waals surface area contributed by atoms with E-state index < -0.39 is 0 Å². The molecule has 2 heteroatoms. The summed E-state index contributed by atoms with van der Waals surface area (Å²) in [5.41, 5.74) is 3.46. The second kappa shape index (κ2) is 4.62. The Labute approximate surface area is 100.0 Å². The van der Waals surface area contributed by atoms with E-state index >= 15 is 0 Å². The van der Waals surface area contributed by atoms with Crippen LogP contribution in [0.15, 0.2) is 41.9 Å². The first-order valence-corrected chi connectivity index (χ1v) is 6.48. The summed E-state index contributed by atoms with van der Waals surface area (Å²) >= 11 is 1.79. The fourth-order valence-electron chi connectivity index (χ4n) is 1.77. The minimum Gasteiger partial charge on any atom is -0.191 e. The van der Waals surface area contributed by atoms with Gasteiger partial charge in [0, 0.05) is 6.07 Å². The highest BCUT2D eigenvalue weighted by molar-refractivity contribution is 7.16. The van der Waals surface area contributed by atoms with Crippen LogP contribution in [0.25, 0.3) is 21.0 Å². The van der Waals surface area contributed by atoms with Gasteiger partial charge in [-0.25, -0.2) is 0 Å². The molecule has 0 aliphatic rings. The van der Waals surface area contributed by atoms with Crippen molar-refractivity contribution in [2.75, 3.05) is 0 Å². The first-order chi connectivity index (χ1) is 7.84. The molecule has 0 aliphatic carbocycles. The standard InChI is InChI=1S/C12H10NS.C2H6/c1-13-8-14-12-7-10-5-3-2-4-9(10)6-11(12)13;1-2/h2-8H,1H3;1-2H3/q+1;. The zero-order valence-corrected chi connectivity index (χ0v) is 10.7. The number of rotatable bonds is 0. The Morgan fingerprint density at radius 1 is 1.00 bits per heavy atom. The van der Waals surface area contributed by atoms with Crippen molar-refractivity contribution in [2.24, 2.45) is 7.05 Å². The van der Waals surface area contributed by atoms with Crippen molar-refractivity contribution in [3.63, 3.8) is 0 Å². The van der Waals surface area contributed by atoms with Crippen molar-refractivity contribution in [1.82, 2.24) is 0 Å².